The fourth-order valence-electron chi connectivity index (χ4n) is 3.64. The maximum Gasteiger partial charge on any atom is 0.146 e. The normalized spacial score (nSPS) is 16.0. The summed E-state index contributed by atoms with van der Waals surface area (Å²) in [7, 11) is 0. The van der Waals surface area contributed by atoms with Gasteiger partial charge in [0, 0.05) is 35.1 Å². The van der Waals surface area contributed by atoms with Crippen LogP contribution < -0.4 is 5.32 Å². The minimum atomic E-state index is 0.0385. The van der Waals surface area contributed by atoms with Crippen LogP contribution in [0.1, 0.15) is 24.5 Å². The molecule has 1 N–H and O–H groups in total. The number of aromatic nitrogens is 3. The van der Waals surface area contributed by atoms with E-state index in [1.807, 2.05) is 24.4 Å². The van der Waals surface area contributed by atoms with E-state index >= 15 is 0 Å². The first-order chi connectivity index (χ1) is 14.8. The Kier molecular flexibility index (Phi) is 5.72. The van der Waals surface area contributed by atoms with Crippen LogP contribution in [-0.2, 0) is 11.3 Å². The summed E-state index contributed by atoms with van der Waals surface area (Å²) >= 11 is 3.42. The molecule has 4 aromatic rings. The highest BCUT2D eigenvalue weighted by molar-refractivity contribution is 7.18. The minimum Gasteiger partial charge on any atom is -0.379 e. The molecule has 1 aliphatic rings. The molecule has 5 rings (SSSR count). The predicted molar refractivity (Wildman–Crippen MR) is 123 cm³/mol. The summed E-state index contributed by atoms with van der Waals surface area (Å²) < 4.78 is 5.48. The summed E-state index contributed by atoms with van der Waals surface area (Å²) in [4.78, 5) is 19.0. The van der Waals surface area contributed by atoms with Gasteiger partial charge in [0.1, 0.15) is 16.5 Å². The Hall–Kier alpha value is -2.39. The molecular weight excluding hydrogens is 414 g/mol. The predicted octanol–water partition coefficient (Wildman–Crippen LogP) is 4.82. The van der Waals surface area contributed by atoms with Crippen molar-refractivity contribution in [2.24, 2.45) is 0 Å². The van der Waals surface area contributed by atoms with Crippen LogP contribution in [0.25, 0.3) is 20.7 Å². The topological polar surface area (TPSA) is 63.2 Å². The third-order valence-corrected chi connectivity index (χ3v) is 7.00. The maximum atomic E-state index is 5.48. The summed E-state index contributed by atoms with van der Waals surface area (Å²) in [5.74, 6) is 1.73. The van der Waals surface area contributed by atoms with Crippen LogP contribution >= 0.6 is 22.7 Å². The van der Waals surface area contributed by atoms with Crippen LogP contribution in [0.5, 0.6) is 0 Å². The number of ether oxygens (including phenoxy) is 1. The molecule has 0 spiro atoms. The van der Waals surface area contributed by atoms with Crippen molar-refractivity contribution in [1.82, 2.24) is 19.9 Å². The largest absolute Gasteiger partial charge is 0.379 e. The third-order valence-electron chi connectivity index (χ3n) is 5.22. The molecule has 8 heteroatoms. The number of morpholine rings is 1. The number of thiophene rings is 2. The van der Waals surface area contributed by atoms with E-state index in [0.717, 1.165) is 60.4 Å². The van der Waals surface area contributed by atoms with Gasteiger partial charge in [-0.15, -0.1) is 22.7 Å². The maximum absolute atomic E-state index is 5.48. The SMILES string of the molecule is CC(Nc1nc(CN2CCOCC2)nc2scc(-c3cccs3)c12)c1ccccn1. The quantitative estimate of drug-likeness (QED) is 0.467. The van der Waals surface area contributed by atoms with Gasteiger partial charge in [-0.2, -0.15) is 0 Å². The van der Waals surface area contributed by atoms with Crippen molar-refractivity contribution < 1.29 is 4.74 Å². The molecule has 0 bridgehead atoms. The highest BCUT2D eigenvalue weighted by Gasteiger charge is 2.20. The average molecular weight is 438 g/mol. The lowest BCUT2D eigenvalue weighted by molar-refractivity contribution is 0.0331. The molecule has 1 unspecified atom stereocenters. The lowest BCUT2D eigenvalue weighted by Crippen LogP contribution is -2.36. The molecule has 1 atom stereocenters. The van der Waals surface area contributed by atoms with Crippen molar-refractivity contribution in [3.05, 3.63) is 58.8 Å². The Balaban J connectivity index is 1.54. The molecule has 0 amide bonds. The Morgan fingerprint density at radius 3 is 2.80 bits per heavy atom. The van der Waals surface area contributed by atoms with E-state index in [-0.39, 0.29) is 6.04 Å². The fraction of sp³-hybridized carbons (Fsp3) is 0.318. The van der Waals surface area contributed by atoms with Crippen LogP contribution in [0.3, 0.4) is 0 Å². The molecule has 0 aromatic carbocycles. The average Bonchev–Trinajstić information content (AvgIpc) is 3.45. The van der Waals surface area contributed by atoms with Gasteiger partial charge >= 0.3 is 0 Å². The third kappa shape index (κ3) is 4.09. The fourth-order valence-corrected chi connectivity index (χ4v) is 5.43. The van der Waals surface area contributed by atoms with E-state index in [1.54, 1.807) is 22.7 Å². The zero-order chi connectivity index (χ0) is 20.3. The second-order valence-corrected chi connectivity index (χ2v) is 9.11. The number of nitrogens with one attached hydrogen (secondary N) is 1. The van der Waals surface area contributed by atoms with Gasteiger partial charge < -0.3 is 10.1 Å². The summed E-state index contributed by atoms with van der Waals surface area (Å²) in [6.07, 6.45) is 1.83. The van der Waals surface area contributed by atoms with E-state index in [1.165, 1.54) is 10.4 Å². The molecular formula is C22H23N5OS2. The van der Waals surface area contributed by atoms with Crippen molar-refractivity contribution in [1.29, 1.82) is 0 Å². The first-order valence-corrected chi connectivity index (χ1v) is 11.8. The van der Waals surface area contributed by atoms with Crippen molar-refractivity contribution in [3.63, 3.8) is 0 Å². The monoisotopic (exact) mass is 437 g/mol. The van der Waals surface area contributed by atoms with Crippen molar-refractivity contribution >= 4 is 38.7 Å². The summed E-state index contributed by atoms with van der Waals surface area (Å²) in [5.41, 5.74) is 2.19. The van der Waals surface area contributed by atoms with Crippen LogP contribution in [0.2, 0.25) is 0 Å². The lowest BCUT2D eigenvalue weighted by atomic mass is 10.1. The molecule has 6 nitrogen and oxygen atoms in total. The van der Waals surface area contributed by atoms with Gasteiger partial charge in [0.15, 0.2) is 0 Å². The van der Waals surface area contributed by atoms with Gasteiger partial charge in [-0.25, -0.2) is 9.97 Å². The van der Waals surface area contributed by atoms with Crippen LogP contribution in [0.15, 0.2) is 47.3 Å². The first kappa shape index (κ1) is 19.6. The summed E-state index contributed by atoms with van der Waals surface area (Å²) in [5, 5.41) is 9.02. The zero-order valence-electron chi connectivity index (χ0n) is 16.7. The second-order valence-electron chi connectivity index (χ2n) is 7.30. The Labute approximate surface area is 183 Å². The minimum absolute atomic E-state index is 0.0385. The summed E-state index contributed by atoms with van der Waals surface area (Å²) in [6.45, 7) is 6.23. The second kappa shape index (κ2) is 8.77. The number of pyridine rings is 1. The van der Waals surface area contributed by atoms with Crippen molar-refractivity contribution in [2.75, 3.05) is 31.6 Å². The number of hydrogen-bond acceptors (Lipinski definition) is 8. The van der Waals surface area contributed by atoms with Gasteiger partial charge in [-0.05, 0) is 30.5 Å². The number of anilines is 1. The van der Waals surface area contributed by atoms with Gasteiger partial charge in [-0.1, -0.05) is 12.1 Å². The zero-order valence-corrected chi connectivity index (χ0v) is 18.4. The highest BCUT2D eigenvalue weighted by Crippen LogP contribution is 2.39. The van der Waals surface area contributed by atoms with Crippen molar-refractivity contribution in [2.45, 2.75) is 19.5 Å². The van der Waals surface area contributed by atoms with Gasteiger partial charge in [-0.3, -0.25) is 9.88 Å². The first-order valence-electron chi connectivity index (χ1n) is 10.1. The molecule has 0 aliphatic carbocycles. The molecule has 1 saturated heterocycles. The molecule has 30 heavy (non-hydrogen) atoms. The standard InChI is InChI=1S/C22H23N5OS2/c1-15(17-5-2-3-7-23-17)24-21-20-16(18-6-4-12-29-18)14-30-22(20)26-19(25-21)13-27-8-10-28-11-9-27/h2-7,12,14-15H,8-11,13H2,1H3,(H,24,25,26). The van der Waals surface area contributed by atoms with E-state index in [9.17, 15) is 0 Å². The number of hydrogen-bond donors (Lipinski definition) is 1. The number of nitrogens with zero attached hydrogens (tertiary/aromatic N) is 4. The Bertz CT molecular complexity index is 1110. The Morgan fingerprint density at radius 1 is 1.13 bits per heavy atom. The molecule has 1 fully saturated rings. The van der Waals surface area contributed by atoms with Crippen LogP contribution in [-0.4, -0.2) is 46.2 Å². The van der Waals surface area contributed by atoms with E-state index in [2.05, 4.69) is 45.0 Å². The van der Waals surface area contributed by atoms with Crippen LogP contribution in [0.4, 0.5) is 5.82 Å². The van der Waals surface area contributed by atoms with Gasteiger partial charge in [0.05, 0.1) is 36.9 Å². The lowest BCUT2D eigenvalue weighted by Gasteiger charge is -2.26. The molecule has 5 heterocycles. The molecule has 0 radical (unpaired) electrons. The molecule has 1 aliphatic heterocycles. The smallest absolute Gasteiger partial charge is 0.146 e. The molecule has 4 aromatic heterocycles. The van der Waals surface area contributed by atoms with Crippen LogP contribution in [0, 0.1) is 0 Å². The number of rotatable bonds is 6. The van der Waals surface area contributed by atoms with E-state index in [0.29, 0.717) is 0 Å². The van der Waals surface area contributed by atoms with E-state index < -0.39 is 0 Å². The van der Waals surface area contributed by atoms with Gasteiger partial charge in [0.2, 0.25) is 0 Å². The molecule has 0 saturated carbocycles. The highest BCUT2D eigenvalue weighted by atomic mass is 32.1. The van der Waals surface area contributed by atoms with E-state index in [4.69, 9.17) is 14.7 Å². The van der Waals surface area contributed by atoms with Crippen molar-refractivity contribution in [3.8, 4) is 10.4 Å². The summed E-state index contributed by atoms with van der Waals surface area (Å²) in [6, 6.07) is 10.3. The number of fused-ring (bicyclic) bond motifs is 1. The Morgan fingerprint density at radius 2 is 2.03 bits per heavy atom. The van der Waals surface area contributed by atoms with Gasteiger partial charge in [0.25, 0.3) is 0 Å². The molecule has 154 valence electrons.